The molecule has 4 rings (SSSR count). The van der Waals surface area contributed by atoms with E-state index in [0.717, 1.165) is 16.7 Å². The van der Waals surface area contributed by atoms with Crippen molar-refractivity contribution < 1.29 is 23.8 Å². The van der Waals surface area contributed by atoms with Crippen molar-refractivity contribution >= 4 is 23.7 Å². The Morgan fingerprint density at radius 1 is 1.12 bits per heavy atom. The molecule has 0 aromatic heterocycles. The van der Waals surface area contributed by atoms with Crippen LogP contribution >= 0.6 is 11.6 Å². The van der Waals surface area contributed by atoms with Gasteiger partial charge < -0.3 is 24.0 Å². The fourth-order valence-corrected chi connectivity index (χ4v) is 5.15. The van der Waals surface area contributed by atoms with E-state index in [1.165, 1.54) is 0 Å². The first-order valence-corrected chi connectivity index (χ1v) is 12.4. The number of nitrogens with zero attached hydrogens (tertiary/aromatic N) is 3. The topological polar surface area (TPSA) is 71.5 Å². The third kappa shape index (κ3) is 5.29. The van der Waals surface area contributed by atoms with Crippen molar-refractivity contribution in [3.8, 4) is 0 Å². The van der Waals surface area contributed by atoms with Crippen LogP contribution in [0.5, 0.6) is 0 Å². The van der Waals surface area contributed by atoms with Gasteiger partial charge in [-0.05, 0) is 69.9 Å². The second-order valence-electron chi connectivity index (χ2n) is 10.9. The Morgan fingerprint density at radius 2 is 1.85 bits per heavy atom. The highest BCUT2D eigenvalue weighted by atomic mass is 35.5. The molecule has 1 aromatic rings. The van der Waals surface area contributed by atoms with Gasteiger partial charge in [-0.1, -0.05) is 11.6 Å². The number of hydrogen-bond acceptors (Lipinski definition) is 5. The van der Waals surface area contributed by atoms with E-state index in [0.29, 0.717) is 64.1 Å². The van der Waals surface area contributed by atoms with Crippen LogP contribution in [-0.2, 0) is 27.2 Å². The lowest BCUT2D eigenvalue weighted by molar-refractivity contribution is -0.0367. The van der Waals surface area contributed by atoms with Gasteiger partial charge in [0, 0.05) is 31.2 Å². The first-order chi connectivity index (χ1) is 16.0. The lowest BCUT2D eigenvalue weighted by atomic mass is 9.90. The molecule has 0 saturated carbocycles. The summed E-state index contributed by atoms with van der Waals surface area (Å²) < 4.78 is 17.1. The van der Waals surface area contributed by atoms with Gasteiger partial charge in [-0.25, -0.2) is 9.59 Å². The molecule has 0 N–H and O–H groups in total. The van der Waals surface area contributed by atoms with E-state index in [9.17, 15) is 9.59 Å². The summed E-state index contributed by atoms with van der Waals surface area (Å²) in [5, 5.41) is 0.623. The van der Waals surface area contributed by atoms with E-state index in [2.05, 4.69) is 0 Å². The van der Waals surface area contributed by atoms with Gasteiger partial charge >= 0.3 is 12.1 Å². The van der Waals surface area contributed by atoms with Gasteiger partial charge in [-0.2, -0.15) is 0 Å². The first kappa shape index (κ1) is 25.1. The minimum atomic E-state index is -0.595. The molecular formula is C25H36ClN3O5. The minimum absolute atomic E-state index is 0.0174. The maximum atomic E-state index is 13.5. The second kappa shape index (κ2) is 9.55. The third-order valence-corrected chi connectivity index (χ3v) is 6.82. The first-order valence-electron chi connectivity index (χ1n) is 12.0. The Bertz CT molecular complexity index is 945. The minimum Gasteiger partial charge on any atom is -0.444 e. The molecule has 3 aliphatic heterocycles. The van der Waals surface area contributed by atoms with Crippen LogP contribution in [0.1, 0.15) is 57.4 Å². The summed E-state index contributed by atoms with van der Waals surface area (Å²) in [5.41, 5.74) is 2.12. The van der Waals surface area contributed by atoms with Crippen LogP contribution in [0, 0.1) is 0 Å². The molecule has 1 unspecified atom stereocenters. The molecule has 188 valence electrons. The Hall–Kier alpha value is -2.03. The second-order valence-corrected chi connectivity index (χ2v) is 11.3. The van der Waals surface area contributed by atoms with E-state index >= 15 is 0 Å². The summed E-state index contributed by atoms with van der Waals surface area (Å²) in [4.78, 5) is 32.1. The van der Waals surface area contributed by atoms with Crippen LogP contribution in [0.15, 0.2) is 12.1 Å². The number of hydrogen-bond donors (Lipinski definition) is 0. The molecule has 34 heavy (non-hydrogen) atoms. The van der Waals surface area contributed by atoms with Crippen molar-refractivity contribution in [1.29, 1.82) is 0 Å². The molecule has 0 bridgehead atoms. The van der Waals surface area contributed by atoms with Crippen molar-refractivity contribution in [3.05, 3.63) is 33.8 Å². The molecule has 9 heteroatoms. The number of fused-ring (bicyclic) bond motifs is 1. The van der Waals surface area contributed by atoms with Crippen LogP contribution in [0.4, 0.5) is 9.59 Å². The van der Waals surface area contributed by atoms with Crippen LogP contribution in [0.2, 0.25) is 5.02 Å². The molecule has 8 nitrogen and oxygen atoms in total. The molecule has 2 fully saturated rings. The van der Waals surface area contributed by atoms with Gasteiger partial charge in [0.1, 0.15) is 5.60 Å². The average Bonchev–Trinajstić information content (AvgIpc) is 2.76. The summed E-state index contributed by atoms with van der Waals surface area (Å²) in [6.45, 7) is 13.6. The van der Waals surface area contributed by atoms with Crippen LogP contribution in [-0.4, -0.2) is 84.0 Å². The summed E-state index contributed by atoms with van der Waals surface area (Å²) >= 11 is 6.51. The SMILES string of the molecule is CC(C)(C)OC(=O)N1CCOCC1c1cc(Cl)cc2c1CN(C(=O)N1CCOCC1(C)C)CC2. The zero-order valence-corrected chi connectivity index (χ0v) is 21.6. The number of amides is 3. The molecular weight excluding hydrogens is 458 g/mol. The van der Waals surface area contributed by atoms with Crippen molar-refractivity contribution in [3.63, 3.8) is 0 Å². The fraction of sp³-hybridized carbons (Fsp3) is 0.680. The lowest BCUT2D eigenvalue weighted by Crippen LogP contribution is -2.59. The lowest BCUT2D eigenvalue weighted by Gasteiger charge is -2.45. The van der Waals surface area contributed by atoms with Gasteiger partial charge in [0.2, 0.25) is 0 Å². The highest BCUT2D eigenvalue weighted by Crippen LogP contribution is 2.36. The smallest absolute Gasteiger partial charge is 0.410 e. The molecule has 2 saturated heterocycles. The zero-order valence-electron chi connectivity index (χ0n) is 20.9. The quantitative estimate of drug-likeness (QED) is 0.585. The molecule has 0 spiro atoms. The van der Waals surface area contributed by atoms with E-state index in [4.69, 9.17) is 25.8 Å². The van der Waals surface area contributed by atoms with Crippen molar-refractivity contribution in [1.82, 2.24) is 14.7 Å². The third-order valence-electron chi connectivity index (χ3n) is 6.60. The number of morpholine rings is 2. The highest BCUT2D eigenvalue weighted by Gasteiger charge is 2.39. The molecule has 0 radical (unpaired) electrons. The largest absolute Gasteiger partial charge is 0.444 e. The average molecular weight is 494 g/mol. The summed E-state index contributed by atoms with van der Waals surface area (Å²) in [6.07, 6.45) is 0.340. The van der Waals surface area contributed by atoms with Gasteiger partial charge in [-0.3, -0.25) is 4.90 Å². The highest BCUT2D eigenvalue weighted by molar-refractivity contribution is 6.30. The van der Waals surface area contributed by atoms with Gasteiger partial charge in [0.05, 0.1) is 38.0 Å². The van der Waals surface area contributed by atoms with E-state index in [1.54, 1.807) is 4.90 Å². The van der Waals surface area contributed by atoms with Crippen molar-refractivity contribution in [2.24, 2.45) is 0 Å². The fourth-order valence-electron chi connectivity index (χ4n) is 4.90. The van der Waals surface area contributed by atoms with E-state index in [-0.39, 0.29) is 23.7 Å². The van der Waals surface area contributed by atoms with Crippen molar-refractivity contribution in [2.45, 2.75) is 64.8 Å². The molecule has 3 aliphatic rings. The Morgan fingerprint density at radius 3 is 2.56 bits per heavy atom. The number of carbonyl (C=O) groups is 2. The zero-order chi connectivity index (χ0) is 24.7. The van der Waals surface area contributed by atoms with Crippen LogP contribution in [0.25, 0.3) is 0 Å². The predicted octanol–water partition coefficient (Wildman–Crippen LogP) is 4.24. The Labute approximate surface area is 207 Å². The predicted molar refractivity (Wildman–Crippen MR) is 129 cm³/mol. The molecule has 1 aromatic carbocycles. The van der Waals surface area contributed by atoms with Crippen LogP contribution < -0.4 is 0 Å². The van der Waals surface area contributed by atoms with Gasteiger partial charge in [-0.15, -0.1) is 0 Å². The van der Waals surface area contributed by atoms with Gasteiger partial charge in [0.15, 0.2) is 0 Å². The number of urea groups is 1. The summed E-state index contributed by atoms with van der Waals surface area (Å²) in [6, 6.07) is 3.57. The number of ether oxygens (including phenoxy) is 3. The normalized spacial score (nSPS) is 22.9. The number of benzene rings is 1. The molecule has 3 amide bonds. The molecule has 0 aliphatic carbocycles. The summed E-state index contributed by atoms with van der Waals surface area (Å²) in [7, 11) is 0. The maximum absolute atomic E-state index is 13.5. The monoisotopic (exact) mass is 493 g/mol. The van der Waals surface area contributed by atoms with Crippen LogP contribution in [0.3, 0.4) is 0 Å². The molecule has 3 heterocycles. The number of carbonyl (C=O) groups excluding carboxylic acids is 2. The maximum Gasteiger partial charge on any atom is 0.410 e. The number of halogens is 1. The van der Waals surface area contributed by atoms with Crippen molar-refractivity contribution in [2.75, 3.05) is 46.1 Å². The standard InChI is InChI=1S/C25H36ClN3O5/c1-24(2,3)34-23(31)28-8-10-32-15-21(28)19-13-18(26)12-17-6-7-27(14-20(17)19)22(30)29-9-11-33-16-25(29,4)5/h12-13,21H,6-11,14-16H2,1-5H3. The van der Waals surface area contributed by atoms with E-state index < -0.39 is 5.60 Å². The molecule has 1 atom stereocenters. The summed E-state index contributed by atoms with van der Waals surface area (Å²) in [5.74, 6) is 0. The van der Waals surface area contributed by atoms with Gasteiger partial charge in [0.25, 0.3) is 0 Å². The number of rotatable bonds is 1. The Balaban J connectivity index is 1.63. The van der Waals surface area contributed by atoms with E-state index in [1.807, 2.05) is 56.6 Å². The Kier molecular flexibility index (Phi) is 7.04.